The predicted molar refractivity (Wildman–Crippen MR) is 70.2 cm³/mol. The number of carboxylic acids is 2. The van der Waals surface area contributed by atoms with Crippen molar-refractivity contribution in [2.24, 2.45) is 0 Å². The second-order valence-corrected chi connectivity index (χ2v) is 4.98. The third-order valence-electron chi connectivity index (χ3n) is 2.62. The topological polar surface area (TPSA) is 112 Å². The number of nitrogens with zero attached hydrogens (tertiary/aromatic N) is 1. The number of benzene rings is 1. The summed E-state index contributed by atoms with van der Waals surface area (Å²) in [5.41, 5.74) is -0.616. The molecule has 1 heterocycles. The summed E-state index contributed by atoms with van der Waals surface area (Å²) >= 11 is 1.16. The van der Waals surface area contributed by atoms with Gasteiger partial charge in [0.25, 0.3) is 0 Å². The van der Waals surface area contributed by atoms with Crippen molar-refractivity contribution >= 4 is 41.2 Å². The van der Waals surface area contributed by atoms with Crippen molar-refractivity contribution in [2.45, 2.75) is 0 Å². The Morgan fingerprint density at radius 1 is 0.950 bits per heavy atom. The molecular weight excluding hydrogens is 286 g/mol. The van der Waals surface area contributed by atoms with E-state index in [0.717, 1.165) is 34.9 Å². The molecule has 0 bridgehead atoms. The molecular formula is C12H9NO6S. The number of carbonyl (C=O) groups excluding carboxylic acids is 2. The van der Waals surface area contributed by atoms with Crippen LogP contribution < -0.4 is 4.90 Å². The Morgan fingerprint density at radius 2 is 1.40 bits per heavy atom. The number of anilines is 1. The Labute approximate surface area is 117 Å². The first-order valence-electron chi connectivity index (χ1n) is 5.45. The summed E-state index contributed by atoms with van der Waals surface area (Å²) < 4.78 is 0. The van der Waals surface area contributed by atoms with E-state index in [-0.39, 0.29) is 28.3 Å². The number of hydrogen-bond donors (Lipinski definition) is 2. The van der Waals surface area contributed by atoms with Crippen LogP contribution in [-0.2, 0) is 9.59 Å². The van der Waals surface area contributed by atoms with E-state index in [9.17, 15) is 19.2 Å². The highest BCUT2D eigenvalue weighted by Crippen LogP contribution is 2.24. The number of carboxylic acid groups (broad SMARTS) is 2. The molecule has 104 valence electrons. The van der Waals surface area contributed by atoms with Gasteiger partial charge in [-0.05, 0) is 18.2 Å². The van der Waals surface area contributed by atoms with Gasteiger partial charge in [-0.2, -0.15) is 0 Å². The number of imide groups is 1. The number of thioether (sulfide) groups is 1. The Kier molecular flexibility index (Phi) is 3.75. The zero-order valence-electron chi connectivity index (χ0n) is 10.0. The molecule has 2 amide bonds. The maximum Gasteiger partial charge on any atom is 0.335 e. The minimum Gasteiger partial charge on any atom is -0.478 e. The van der Waals surface area contributed by atoms with E-state index in [2.05, 4.69) is 0 Å². The summed E-state index contributed by atoms with van der Waals surface area (Å²) in [4.78, 5) is 46.3. The number of carbonyl (C=O) groups is 4. The summed E-state index contributed by atoms with van der Waals surface area (Å²) in [5.74, 6) is -3.48. The fourth-order valence-electron chi connectivity index (χ4n) is 1.77. The van der Waals surface area contributed by atoms with Crippen molar-refractivity contribution in [3.05, 3.63) is 29.3 Å². The molecule has 20 heavy (non-hydrogen) atoms. The summed E-state index contributed by atoms with van der Waals surface area (Å²) in [6.45, 7) is 0. The van der Waals surface area contributed by atoms with Crippen LogP contribution in [-0.4, -0.2) is 45.5 Å². The molecule has 0 aliphatic carbocycles. The number of aromatic carboxylic acids is 2. The second-order valence-electron chi connectivity index (χ2n) is 3.99. The van der Waals surface area contributed by atoms with Gasteiger partial charge in [0.15, 0.2) is 0 Å². The van der Waals surface area contributed by atoms with Crippen LogP contribution in [0.4, 0.5) is 5.69 Å². The molecule has 2 N–H and O–H groups in total. The van der Waals surface area contributed by atoms with Crippen LogP contribution in [0, 0.1) is 0 Å². The van der Waals surface area contributed by atoms with Gasteiger partial charge in [0.1, 0.15) is 0 Å². The molecule has 0 unspecified atom stereocenters. The lowest BCUT2D eigenvalue weighted by atomic mass is 10.1. The van der Waals surface area contributed by atoms with Crippen LogP contribution in [0.5, 0.6) is 0 Å². The zero-order valence-corrected chi connectivity index (χ0v) is 10.8. The van der Waals surface area contributed by atoms with Crippen LogP contribution in [0.25, 0.3) is 0 Å². The molecule has 0 radical (unpaired) electrons. The maximum absolute atomic E-state index is 11.8. The van der Waals surface area contributed by atoms with E-state index in [1.165, 1.54) is 0 Å². The molecule has 0 saturated carbocycles. The molecule has 0 aromatic heterocycles. The highest BCUT2D eigenvalue weighted by molar-refractivity contribution is 8.00. The molecule has 2 rings (SSSR count). The largest absolute Gasteiger partial charge is 0.478 e. The Hall–Kier alpha value is -2.35. The summed E-state index contributed by atoms with van der Waals surface area (Å²) in [6.07, 6.45) is 0. The number of amides is 2. The lowest BCUT2D eigenvalue weighted by molar-refractivity contribution is -0.124. The monoisotopic (exact) mass is 295 g/mol. The van der Waals surface area contributed by atoms with Gasteiger partial charge < -0.3 is 10.2 Å². The fraction of sp³-hybridized carbons (Fsp3) is 0.167. The molecule has 1 aliphatic heterocycles. The van der Waals surface area contributed by atoms with Crippen LogP contribution in [0.3, 0.4) is 0 Å². The van der Waals surface area contributed by atoms with Crippen LogP contribution in [0.15, 0.2) is 18.2 Å². The van der Waals surface area contributed by atoms with E-state index in [1.807, 2.05) is 0 Å². The van der Waals surface area contributed by atoms with Gasteiger partial charge >= 0.3 is 11.9 Å². The summed E-state index contributed by atoms with van der Waals surface area (Å²) in [5, 5.41) is 17.9. The first-order valence-corrected chi connectivity index (χ1v) is 6.61. The molecule has 1 aromatic rings. The molecule has 1 fully saturated rings. The fourth-order valence-corrected chi connectivity index (χ4v) is 2.48. The van der Waals surface area contributed by atoms with Gasteiger partial charge in [0.05, 0.1) is 28.3 Å². The van der Waals surface area contributed by atoms with Crippen molar-refractivity contribution in [1.29, 1.82) is 0 Å². The van der Waals surface area contributed by atoms with E-state index in [0.29, 0.717) is 0 Å². The van der Waals surface area contributed by atoms with Crippen molar-refractivity contribution in [3.63, 3.8) is 0 Å². The van der Waals surface area contributed by atoms with E-state index in [4.69, 9.17) is 10.2 Å². The van der Waals surface area contributed by atoms with Crippen molar-refractivity contribution in [1.82, 2.24) is 0 Å². The van der Waals surface area contributed by atoms with Gasteiger partial charge in [-0.25, -0.2) is 14.5 Å². The van der Waals surface area contributed by atoms with E-state index in [1.54, 1.807) is 0 Å². The standard InChI is InChI=1S/C12H9NO6S/c14-9-4-20-5-10(15)13(9)8-2-6(11(16)17)1-7(3-8)12(18)19/h1-3H,4-5H2,(H,16,17)(H,18,19). The van der Waals surface area contributed by atoms with Crippen LogP contribution >= 0.6 is 11.8 Å². The summed E-state index contributed by atoms with van der Waals surface area (Å²) in [7, 11) is 0. The zero-order chi connectivity index (χ0) is 14.9. The molecule has 0 atom stereocenters. The van der Waals surface area contributed by atoms with Crippen molar-refractivity contribution in [2.75, 3.05) is 16.4 Å². The smallest absolute Gasteiger partial charge is 0.335 e. The second kappa shape index (κ2) is 5.33. The first-order chi connectivity index (χ1) is 9.40. The average Bonchev–Trinajstić information content (AvgIpc) is 2.38. The Balaban J connectivity index is 2.54. The minimum atomic E-state index is -1.33. The molecule has 7 nitrogen and oxygen atoms in total. The lowest BCUT2D eigenvalue weighted by Crippen LogP contribution is -2.43. The number of rotatable bonds is 3. The molecule has 8 heteroatoms. The molecule has 1 saturated heterocycles. The highest BCUT2D eigenvalue weighted by atomic mass is 32.2. The van der Waals surface area contributed by atoms with Crippen LogP contribution in [0.2, 0.25) is 0 Å². The van der Waals surface area contributed by atoms with Gasteiger partial charge in [-0.3, -0.25) is 9.59 Å². The first kappa shape index (κ1) is 14.1. The predicted octanol–water partition coefficient (Wildman–Crippen LogP) is 0.689. The average molecular weight is 295 g/mol. The van der Waals surface area contributed by atoms with Crippen molar-refractivity contribution in [3.8, 4) is 0 Å². The van der Waals surface area contributed by atoms with Gasteiger partial charge in [-0.15, -0.1) is 11.8 Å². The summed E-state index contributed by atoms with van der Waals surface area (Å²) in [6, 6.07) is 3.20. The third-order valence-corrected chi connectivity index (χ3v) is 3.52. The van der Waals surface area contributed by atoms with Gasteiger partial charge in [0, 0.05) is 0 Å². The molecule has 0 spiro atoms. The Bertz CT molecular complexity index is 578. The van der Waals surface area contributed by atoms with E-state index < -0.39 is 23.8 Å². The maximum atomic E-state index is 11.8. The Morgan fingerprint density at radius 3 is 1.80 bits per heavy atom. The SMILES string of the molecule is O=C(O)c1cc(C(=O)O)cc(N2C(=O)CSCC2=O)c1. The van der Waals surface area contributed by atoms with Crippen LogP contribution in [0.1, 0.15) is 20.7 Å². The quantitative estimate of drug-likeness (QED) is 0.789. The van der Waals surface area contributed by atoms with E-state index >= 15 is 0 Å². The van der Waals surface area contributed by atoms with Crippen molar-refractivity contribution < 1.29 is 29.4 Å². The minimum absolute atomic E-state index is 0.0300. The normalized spacial score (nSPS) is 15.3. The highest BCUT2D eigenvalue weighted by Gasteiger charge is 2.29. The number of hydrogen-bond acceptors (Lipinski definition) is 5. The molecule has 1 aromatic carbocycles. The molecule has 1 aliphatic rings. The van der Waals surface area contributed by atoms with Gasteiger partial charge in [-0.1, -0.05) is 0 Å². The van der Waals surface area contributed by atoms with Gasteiger partial charge in [0.2, 0.25) is 11.8 Å². The lowest BCUT2D eigenvalue weighted by Gasteiger charge is -2.25. The third kappa shape index (κ3) is 2.64.